The third-order valence-electron chi connectivity index (χ3n) is 2.26. The minimum absolute atomic E-state index is 0.0233. The fraction of sp³-hybridized carbons (Fsp3) is 0.667. The van der Waals surface area contributed by atoms with Crippen LogP contribution in [-0.2, 0) is 16.1 Å². The van der Waals surface area contributed by atoms with Crippen molar-refractivity contribution in [1.29, 1.82) is 0 Å². The highest BCUT2D eigenvalue weighted by Crippen LogP contribution is 2.06. The van der Waals surface area contributed by atoms with Crippen molar-refractivity contribution in [1.82, 2.24) is 20.3 Å². The molecular weight excluding hydrogens is 248 g/mol. The lowest BCUT2D eigenvalue weighted by Gasteiger charge is -2.20. The molecule has 1 aromatic rings. The molecule has 1 amide bonds. The van der Waals surface area contributed by atoms with Crippen molar-refractivity contribution >= 4 is 11.9 Å². The molecule has 19 heavy (non-hydrogen) atoms. The molecule has 1 heterocycles. The van der Waals surface area contributed by atoms with Gasteiger partial charge in [-0.05, 0) is 34.6 Å². The maximum absolute atomic E-state index is 11.8. The number of aromatic nitrogens is 3. The van der Waals surface area contributed by atoms with Crippen LogP contribution in [0.25, 0.3) is 0 Å². The van der Waals surface area contributed by atoms with Gasteiger partial charge in [0.1, 0.15) is 6.54 Å². The van der Waals surface area contributed by atoms with Crippen LogP contribution in [0.4, 0.5) is 0 Å². The van der Waals surface area contributed by atoms with E-state index in [4.69, 9.17) is 4.74 Å². The number of esters is 1. The van der Waals surface area contributed by atoms with Gasteiger partial charge in [-0.3, -0.25) is 4.79 Å². The monoisotopic (exact) mass is 268 g/mol. The van der Waals surface area contributed by atoms with Gasteiger partial charge in [-0.25, -0.2) is 9.48 Å². The summed E-state index contributed by atoms with van der Waals surface area (Å²) in [5.74, 6) is -0.710. The number of carbonyl (C=O) groups is 2. The second-order valence-electron chi connectivity index (χ2n) is 5.20. The van der Waals surface area contributed by atoms with Gasteiger partial charge in [-0.15, -0.1) is 5.10 Å². The Morgan fingerprint density at radius 1 is 1.37 bits per heavy atom. The zero-order valence-corrected chi connectivity index (χ0v) is 12.0. The second-order valence-corrected chi connectivity index (χ2v) is 5.20. The Labute approximate surface area is 112 Å². The molecular formula is C12H20N4O3. The summed E-state index contributed by atoms with van der Waals surface area (Å²) < 4.78 is 6.23. The number of amides is 1. The van der Waals surface area contributed by atoms with Gasteiger partial charge in [-0.2, -0.15) is 0 Å². The minimum Gasteiger partial charge on any atom is -0.461 e. The fourth-order valence-corrected chi connectivity index (χ4v) is 1.49. The Bertz CT molecular complexity index is 474. The molecule has 106 valence electrons. The minimum atomic E-state index is -0.525. The molecule has 0 saturated heterocycles. The van der Waals surface area contributed by atoms with Gasteiger partial charge in [0.2, 0.25) is 5.91 Å². The summed E-state index contributed by atoms with van der Waals surface area (Å²) in [7, 11) is 0. The number of hydrogen-bond donors (Lipinski definition) is 1. The smallest absolute Gasteiger partial charge is 0.360 e. The zero-order chi connectivity index (χ0) is 14.6. The molecule has 1 N–H and O–H groups in total. The average Bonchev–Trinajstić information content (AvgIpc) is 2.58. The van der Waals surface area contributed by atoms with Gasteiger partial charge in [-0.1, -0.05) is 5.21 Å². The van der Waals surface area contributed by atoms with Crippen LogP contribution >= 0.6 is 0 Å². The second kappa shape index (κ2) is 5.81. The van der Waals surface area contributed by atoms with Crippen molar-refractivity contribution < 1.29 is 14.3 Å². The quantitative estimate of drug-likeness (QED) is 0.811. The Balaban J connectivity index is 2.76. The SMILES string of the molecule is CCOC(=O)c1nnn(CC(=O)NC(C)(C)C)c1C. The molecule has 0 aliphatic heterocycles. The van der Waals surface area contributed by atoms with Gasteiger partial charge in [0.05, 0.1) is 12.3 Å². The lowest BCUT2D eigenvalue weighted by Crippen LogP contribution is -2.42. The Kier molecular flexibility index (Phi) is 4.63. The van der Waals surface area contributed by atoms with Gasteiger partial charge < -0.3 is 10.1 Å². The zero-order valence-electron chi connectivity index (χ0n) is 12.0. The molecule has 7 heteroatoms. The summed E-state index contributed by atoms with van der Waals surface area (Å²) in [6, 6.07) is 0. The number of hydrogen-bond acceptors (Lipinski definition) is 5. The van der Waals surface area contributed by atoms with E-state index in [1.807, 2.05) is 20.8 Å². The molecule has 7 nitrogen and oxygen atoms in total. The summed E-state index contributed by atoms with van der Waals surface area (Å²) >= 11 is 0. The highest BCUT2D eigenvalue weighted by atomic mass is 16.5. The van der Waals surface area contributed by atoms with Crippen LogP contribution in [0.15, 0.2) is 0 Å². The van der Waals surface area contributed by atoms with E-state index in [0.29, 0.717) is 5.69 Å². The largest absolute Gasteiger partial charge is 0.461 e. The molecule has 0 saturated carbocycles. The van der Waals surface area contributed by atoms with Crippen LogP contribution < -0.4 is 5.32 Å². The molecule has 1 aromatic heterocycles. The van der Waals surface area contributed by atoms with Crippen LogP contribution in [0.3, 0.4) is 0 Å². The van der Waals surface area contributed by atoms with Crippen LogP contribution in [0.5, 0.6) is 0 Å². The van der Waals surface area contributed by atoms with Crippen molar-refractivity contribution in [3.8, 4) is 0 Å². The summed E-state index contributed by atoms with van der Waals surface area (Å²) in [4.78, 5) is 23.3. The Morgan fingerprint density at radius 3 is 2.53 bits per heavy atom. The van der Waals surface area contributed by atoms with E-state index >= 15 is 0 Å². The Morgan fingerprint density at radius 2 is 2.00 bits per heavy atom. The predicted octanol–water partition coefficient (Wildman–Crippen LogP) is 0.678. The molecule has 0 bridgehead atoms. The number of nitrogens with one attached hydrogen (secondary N) is 1. The Hall–Kier alpha value is -1.92. The van der Waals surface area contributed by atoms with Crippen LogP contribution in [-0.4, -0.2) is 39.0 Å². The molecule has 0 unspecified atom stereocenters. The van der Waals surface area contributed by atoms with E-state index in [1.54, 1.807) is 13.8 Å². The maximum Gasteiger partial charge on any atom is 0.360 e. The summed E-state index contributed by atoms with van der Waals surface area (Å²) in [5, 5.41) is 10.4. The van der Waals surface area contributed by atoms with Crippen LogP contribution in [0.1, 0.15) is 43.9 Å². The van der Waals surface area contributed by atoms with Gasteiger partial charge >= 0.3 is 5.97 Å². The normalized spacial score (nSPS) is 11.2. The van der Waals surface area contributed by atoms with Gasteiger partial charge in [0, 0.05) is 5.54 Å². The molecule has 0 spiro atoms. The fourth-order valence-electron chi connectivity index (χ4n) is 1.49. The predicted molar refractivity (Wildman–Crippen MR) is 68.6 cm³/mol. The molecule has 0 radical (unpaired) electrons. The number of ether oxygens (including phenoxy) is 1. The molecule has 0 aliphatic carbocycles. The third-order valence-corrected chi connectivity index (χ3v) is 2.26. The van der Waals surface area contributed by atoms with Gasteiger partial charge in [0.25, 0.3) is 0 Å². The molecule has 0 atom stereocenters. The molecule has 1 rings (SSSR count). The van der Waals surface area contributed by atoms with E-state index in [2.05, 4.69) is 15.6 Å². The molecule has 0 aliphatic rings. The van der Waals surface area contributed by atoms with E-state index in [0.717, 1.165) is 0 Å². The summed E-state index contributed by atoms with van der Waals surface area (Å²) in [6.45, 7) is 9.37. The van der Waals surface area contributed by atoms with Crippen molar-refractivity contribution in [2.75, 3.05) is 6.61 Å². The highest BCUT2D eigenvalue weighted by Gasteiger charge is 2.20. The molecule has 0 aromatic carbocycles. The maximum atomic E-state index is 11.8. The first kappa shape index (κ1) is 15.1. The third kappa shape index (κ3) is 4.35. The van der Waals surface area contributed by atoms with E-state index in [-0.39, 0.29) is 30.3 Å². The van der Waals surface area contributed by atoms with Crippen LogP contribution in [0, 0.1) is 6.92 Å². The first-order chi connectivity index (χ1) is 8.74. The van der Waals surface area contributed by atoms with Crippen molar-refractivity contribution in [3.63, 3.8) is 0 Å². The van der Waals surface area contributed by atoms with Crippen molar-refractivity contribution in [3.05, 3.63) is 11.4 Å². The summed E-state index contributed by atoms with van der Waals surface area (Å²) in [5.41, 5.74) is 0.350. The van der Waals surface area contributed by atoms with Crippen molar-refractivity contribution in [2.45, 2.75) is 46.7 Å². The number of rotatable bonds is 4. The first-order valence-electron chi connectivity index (χ1n) is 6.13. The lowest BCUT2D eigenvalue weighted by molar-refractivity contribution is -0.123. The average molecular weight is 268 g/mol. The van der Waals surface area contributed by atoms with E-state index in [9.17, 15) is 9.59 Å². The van der Waals surface area contributed by atoms with Crippen LogP contribution in [0.2, 0.25) is 0 Å². The molecule has 0 fully saturated rings. The summed E-state index contributed by atoms with van der Waals surface area (Å²) in [6.07, 6.45) is 0. The first-order valence-corrected chi connectivity index (χ1v) is 6.13. The number of carbonyl (C=O) groups excluding carboxylic acids is 2. The van der Waals surface area contributed by atoms with Crippen molar-refractivity contribution in [2.24, 2.45) is 0 Å². The number of nitrogens with zero attached hydrogens (tertiary/aromatic N) is 3. The van der Waals surface area contributed by atoms with E-state index in [1.165, 1.54) is 4.68 Å². The highest BCUT2D eigenvalue weighted by molar-refractivity contribution is 5.88. The lowest BCUT2D eigenvalue weighted by atomic mass is 10.1. The van der Waals surface area contributed by atoms with E-state index < -0.39 is 5.97 Å². The topological polar surface area (TPSA) is 86.1 Å². The standard InChI is InChI=1S/C12H20N4O3/c1-6-19-11(18)10-8(2)16(15-14-10)7-9(17)13-12(3,4)5/h6-7H2,1-5H3,(H,13,17). The van der Waals surface area contributed by atoms with Gasteiger partial charge in [0.15, 0.2) is 5.69 Å².